The van der Waals surface area contributed by atoms with Crippen molar-refractivity contribution < 1.29 is 0 Å². The number of benzene rings is 4. The van der Waals surface area contributed by atoms with Crippen molar-refractivity contribution in [1.29, 1.82) is 0 Å². The molecule has 4 rings (SSSR count). The van der Waals surface area contributed by atoms with Gasteiger partial charge in [-0.15, -0.1) is 0 Å². The first-order valence-corrected chi connectivity index (χ1v) is 10.2. The van der Waals surface area contributed by atoms with Crippen LogP contribution in [-0.4, -0.2) is 0 Å². The minimum atomic E-state index is 1.10. The number of anilines is 3. The molecular weight excluding hydrogens is 406 g/mol. The number of halogens is 1. The van der Waals surface area contributed by atoms with Crippen LogP contribution in [0.5, 0.6) is 0 Å². The Balaban J connectivity index is 1.77. The molecule has 0 aromatic heterocycles. The van der Waals surface area contributed by atoms with Crippen LogP contribution in [0.4, 0.5) is 17.1 Å². The standard InChI is InChI=1S/C26H22BrN/c1-19-5-3-7-25(17-19)28(26-8-4-6-20(2)18-26)24-15-11-22(12-16-24)21-9-13-23(27)14-10-21/h3-18H,1-2H3. The molecule has 28 heavy (non-hydrogen) atoms. The number of hydrogen-bond donors (Lipinski definition) is 0. The summed E-state index contributed by atoms with van der Waals surface area (Å²) in [5.74, 6) is 0. The molecule has 0 spiro atoms. The average molecular weight is 428 g/mol. The molecule has 4 aromatic rings. The molecule has 0 fully saturated rings. The van der Waals surface area contributed by atoms with Crippen LogP contribution in [0.1, 0.15) is 11.1 Å². The molecule has 1 nitrogen and oxygen atoms in total. The van der Waals surface area contributed by atoms with Gasteiger partial charge in [-0.05, 0) is 84.6 Å². The molecule has 2 heteroatoms. The van der Waals surface area contributed by atoms with Gasteiger partial charge < -0.3 is 4.90 Å². The molecular formula is C26H22BrN. The van der Waals surface area contributed by atoms with Gasteiger partial charge in [0.25, 0.3) is 0 Å². The molecule has 0 bridgehead atoms. The van der Waals surface area contributed by atoms with E-state index in [1.165, 1.54) is 33.6 Å². The topological polar surface area (TPSA) is 3.24 Å². The maximum Gasteiger partial charge on any atom is 0.0464 e. The van der Waals surface area contributed by atoms with Crippen molar-refractivity contribution in [3.63, 3.8) is 0 Å². The Hall–Kier alpha value is -2.84. The lowest BCUT2D eigenvalue weighted by atomic mass is 10.0. The van der Waals surface area contributed by atoms with E-state index in [4.69, 9.17) is 0 Å². The third kappa shape index (κ3) is 4.02. The van der Waals surface area contributed by atoms with Gasteiger partial charge in [0, 0.05) is 21.5 Å². The Morgan fingerprint density at radius 1 is 0.536 bits per heavy atom. The first kappa shape index (κ1) is 18.5. The monoisotopic (exact) mass is 427 g/mol. The van der Waals surface area contributed by atoms with Crippen LogP contribution >= 0.6 is 15.9 Å². The first-order chi connectivity index (χ1) is 13.6. The van der Waals surface area contributed by atoms with Crippen LogP contribution in [0.25, 0.3) is 11.1 Å². The van der Waals surface area contributed by atoms with Gasteiger partial charge in [0.05, 0.1) is 0 Å². The van der Waals surface area contributed by atoms with Gasteiger partial charge in [0.1, 0.15) is 0 Å². The number of nitrogens with zero attached hydrogens (tertiary/aromatic N) is 1. The zero-order valence-corrected chi connectivity index (χ0v) is 17.6. The summed E-state index contributed by atoms with van der Waals surface area (Å²) in [6, 6.07) is 34.5. The maximum atomic E-state index is 3.51. The van der Waals surface area contributed by atoms with Gasteiger partial charge in [-0.2, -0.15) is 0 Å². The minimum absolute atomic E-state index is 1.10. The van der Waals surface area contributed by atoms with E-state index in [9.17, 15) is 0 Å². The molecule has 4 aromatic carbocycles. The fourth-order valence-electron chi connectivity index (χ4n) is 3.43. The lowest BCUT2D eigenvalue weighted by Crippen LogP contribution is -2.10. The van der Waals surface area contributed by atoms with Crippen LogP contribution in [0.3, 0.4) is 0 Å². The van der Waals surface area contributed by atoms with Crippen LogP contribution in [0.2, 0.25) is 0 Å². The minimum Gasteiger partial charge on any atom is -0.310 e. The predicted octanol–water partition coefficient (Wildman–Crippen LogP) is 8.20. The first-order valence-electron chi connectivity index (χ1n) is 9.40. The molecule has 0 saturated carbocycles. The summed E-state index contributed by atoms with van der Waals surface area (Å²) in [6.45, 7) is 4.27. The van der Waals surface area contributed by atoms with Crippen molar-refractivity contribution in [3.05, 3.63) is 113 Å². The molecule has 0 aliphatic heterocycles. The Kier molecular flexibility index (Phi) is 5.31. The fraction of sp³-hybridized carbons (Fsp3) is 0.0769. The van der Waals surface area contributed by atoms with E-state index in [-0.39, 0.29) is 0 Å². The summed E-state index contributed by atoms with van der Waals surface area (Å²) in [5.41, 5.74) is 8.42. The molecule has 0 atom stereocenters. The van der Waals surface area contributed by atoms with E-state index in [1.807, 2.05) is 0 Å². The Labute approximate surface area is 175 Å². The third-order valence-electron chi connectivity index (χ3n) is 4.82. The number of aryl methyl sites for hydroxylation is 2. The summed E-state index contributed by atoms with van der Waals surface area (Å²) in [7, 11) is 0. The van der Waals surface area contributed by atoms with E-state index >= 15 is 0 Å². The number of hydrogen-bond acceptors (Lipinski definition) is 1. The van der Waals surface area contributed by atoms with E-state index in [2.05, 4.69) is 132 Å². The molecule has 0 saturated heterocycles. The Morgan fingerprint density at radius 3 is 1.46 bits per heavy atom. The quantitative estimate of drug-likeness (QED) is 0.317. The van der Waals surface area contributed by atoms with E-state index in [1.54, 1.807) is 0 Å². The largest absolute Gasteiger partial charge is 0.310 e. The van der Waals surface area contributed by atoms with Crippen LogP contribution in [0, 0.1) is 13.8 Å². The summed E-state index contributed by atoms with van der Waals surface area (Å²) < 4.78 is 1.10. The van der Waals surface area contributed by atoms with Gasteiger partial charge >= 0.3 is 0 Å². The Morgan fingerprint density at radius 2 is 1.00 bits per heavy atom. The second-order valence-electron chi connectivity index (χ2n) is 7.07. The molecule has 0 radical (unpaired) electrons. The summed E-state index contributed by atoms with van der Waals surface area (Å²) in [6.07, 6.45) is 0. The van der Waals surface area contributed by atoms with Crippen LogP contribution < -0.4 is 4.90 Å². The van der Waals surface area contributed by atoms with Crippen molar-refractivity contribution in [2.45, 2.75) is 13.8 Å². The van der Waals surface area contributed by atoms with Crippen molar-refractivity contribution in [1.82, 2.24) is 0 Å². The second-order valence-corrected chi connectivity index (χ2v) is 7.98. The predicted molar refractivity (Wildman–Crippen MR) is 124 cm³/mol. The molecule has 0 aliphatic rings. The van der Waals surface area contributed by atoms with Gasteiger partial charge in [-0.25, -0.2) is 0 Å². The van der Waals surface area contributed by atoms with Gasteiger partial charge in [0.2, 0.25) is 0 Å². The lowest BCUT2D eigenvalue weighted by Gasteiger charge is -2.26. The highest BCUT2D eigenvalue weighted by Crippen LogP contribution is 2.36. The van der Waals surface area contributed by atoms with Crippen molar-refractivity contribution in [2.75, 3.05) is 4.90 Å². The Bertz CT molecular complexity index is 1040. The maximum absolute atomic E-state index is 3.51. The van der Waals surface area contributed by atoms with Gasteiger partial charge in [-0.3, -0.25) is 0 Å². The highest BCUT2D eigenvalue weighted by Gasteiger charge is 2.13. The molecule has 0 heterocycles. The fourth-order valence-corrected chi connectivity index (χ4v) is 3.69. The molecule has 0 N–H and O–H groups in total. The molecule has 0 aliphatic carbocycles. The summed E-state index contributed by atoms with van der Waals surface area (Å²) in [4.78, 5) is 2.31. The van der Waals surface area contributed by atoms with Crippen molar-refractivity contribution in [2.24, 2.45) is 0 Å². The summed E-state index contributed by atoms with van der Waals surface area (Å²) >= 11 is 3.51. The van der Waals surface area contributed by atoms with E-state index in [0.717, 1.165) is 10.2 Å². The second kappa shape index (κ2) is 8.04. The van der Waals surface area contributed by atoms with Crippen LogP contribution in [0.15, 0.2) is 102 Å². The van der Waals surface area contributed by atoms with Crippen molar-refractivity contribution >= 4 is 33.0 Å². The lowest BCUT2D eigenvalue weighted by molar-refractivity contribution is 1.26. The zero-order valence-electron chi connectivity index (χ0n) is 16.1. The normalized spacial score (nSPS) is 10.7. The van der Waals surface area contributed by atoms with Gasteiger partial charge in [0.15, 0.2) is 0 Å². The zero-order chi connectivity index (χ0) is 19.5. The highest BCUT2D eigenvalue weighted by molar-refractivity contribution is 9.10. The SMILES string of the molecule is Cc1cccc(N(c2ccc(-c3ccc(Br)cc3)cc2)c2cccc(C)c2)c1. The highest BCUT2D eigenvalue weighted by atomic mass is 79.9. The molecule has 138 valence electrons. The number of rotatable bonds is 4. The molecule has 0 unspecified atom stereocenters. The third-order valence-corrected chi connectivity index (χ3v) is 5.35. The van der Waals surface area contributed by atoms with E-state index in [0.29, 0.717) is 0 Å². The van der Waals surface area contributed by atoms with Crippen LogP contribution in [-0.2, 0) is 0 Å². The summed E-state index contributed by atoms with van der Waals surface area (Å²) in [5, 5.41) is 0. The molecule has 0 amide bonds. The smallest absolute Gasteiger partial charge is 0.0464 e. The van der Waals surface area contributed by atoms with E-state index < -0.39 is 0 Å². The van der Waals surface area contributed by atoms with Gasteiger partial charge in [-0.1, -0.05) is 64.5 Å². The average Bonchev–Trinajstić information content (AvgIpc) is 2.70. The van der Waals surface area contributed by atoms with Crippen molar-refractivity contribution in [3.8, 4) is 11.1 Å².